The number of hydrogen-bond donors (Lipinski definition) is 1. The van der Waals surface area contributed by atoms with Crippen LogP contribution >= 0.6 is 23.6 Å². The van der Waals surface area contributed by atoms with Crippen molar-refractivity contribution in [2.75, 3.05) is 18.5 Å². The Labute approximate surface area is 184 Å². The summed E-state index contributed by atoms with van der Waals surface area (Å²) in [6.45, 7) is 4.85. The maximum Gasteiger partial charge on any atom is 0.338 e. The number of nitrogens with one attached hydrogen (secondary N) is 1. The average molecular weight is 446 g/mol. The van der Waals surface area contributed by atoms with Gasteiger partial charge in [0, 0.05) is 17.1 Å². The van der Waals surface area contributed by atoms with Crippen LogP contribution in [0.25, 0.3) is 0 Å². The van der Waals surface area contributed by atoms with E-state index in [9.17, 15) is 14.4 Å². The maximum atomic E-state index is 12.8. The van der Waals surface area contributed by atoms with Crippen LogP contribution in [0.2, 0.25) is 0 Å². The van der Waals surface area contributed by atoms with Gasteiger partial charge in [-0.05, 0) is 61.8 Å². The van der Waals surface area contributed by atoms with Crippen molar-refractivity contribution in [2.45, 2.75) is 32.9 Å². The van der Waals surface area contributed by atoms with Gasteiger partial charge in [-0.3, -0.25) is 14.5 Å². The molecule has 1 aromatic heterocycles. The van der Waals surface area contributed by atoms with Crippen molar-refractivity contribution in [1.29, 1.82) is 0 Å². The summed E-state index contributed by atoms with van der Waals surface area (Å²) in [6, 6.07) is 9.73. The summed E-state index contributed by atoms with van der Waals surface area (Å²) in [5, 5.41) is 5.20. The van der Waals surface area contributed by atoms with Crippen molar-refractivity contribution in [3.05, 3.63) is 52.2 Å². The Kier molecular flexibility index (Phi) is 7.17. The molecule has 1 aliphatic rings. The first kappa shape index (κ1) is 21.9. The highest BCUT2D eigenvalue weighted by Gasteiger charge is 2.42. The Morgan fingerprint density at radius 2 is 1.93 bits per heavy atom. The molecule has 1 unspecified atom stereocenters. The summed E-state index contributed by atoms with van der Waals surface area (Å²) in [4.78, 5) is 41.6. The lowest BCUT2D eigenvalue weighted by Gasteiger charge is -2.23. The predicted octanol–water partition coefficient (Wildman–Crippen LogP) is 3.27. The minimum Gasteiger partial charge on any atom is -0.462 e. The van der Waals surface area contributed by atoms with E-state index in [0.29, 0.717) is 36.1 Å². The number of benzene rings is 1. The van der Waals surface area contributed by atoms with Crippen molar-refractivity contribution >= 4 is 52.1 Å². The standard InChI is InChI=1S/C21H23N3O4S2/c1-3-23-19(26)17(24(21(23)29)13-16-6-5-11-30-16)12-18(25)22-15-9-7-14(8-10-15)20(27)28-4-2/h5-11,17H,3-4,12-13H2,1-2H3,(H,22,25). The van der Waals surface area contributed by atoms with Gasteiger partial charge in [-0.15, -0.1) is 11.3 Å². The largest absolute Gasteiger partial charge is 0.462 e. The molecule has 2 amide bonds. The number of nitrogens with zero attached hydrogens (tertiary/aromatic N) is 2. The van der Waals surface area contributed by atoms with E-state index >= 15 is 0 Å². The van der Waals surface area contributed by atoms with Crippen LogP contribution < -0.4 is 5.32 Å². The Bertz CT molecular complexity index is 928. The molecule has 158 valence electrons. The third kappa shape index (κ3) is 4.85. The van der Waals surface area contributed by atoms with Crippen LogP contribution in [0.1, 0.15) is 35.5 Å². The Hall–Kier alpha value is -2.78. The van der Waals surface area contributed by atoms with Crippen molar-refractivity contribution in [3.8, 4) is 0 Å². The number of rotatable bonds is 8. The van der Waals surface area contributed by atoms with Crippen molar-refractivity contribution in [3.63, 3.8) is 0 Å². The van der Waals surface area contributed by atoms with Crippen molar-refractivity contribution in [2.24, 2.45) is 0 Å². The summed E-state index contributed by atoms with van der Waals surface area (Å²) in [7, 11) is 0. The average Bonchev–Trinajstić information content (AvgIpc) is 3.31. The van der Waals surface area contributed by atoms with Gasteiger partial charge in [0.05, 0.1) is 25.1 Å². The fraction of sp³-hybridized carbons (Fsp3) is 0.333. The van der Waals surface area contributed by atoms with Crippen LogP contribution in [0.5, 0.6) is 0 Å². The molecule has 2 aromatic rings. The Morgan fingerprint density at radius 1 is 1.20 bits per heavy atom. The molecule has 1 atom stereocenters. The van der Waals surface area contributed by atoms with Crippen LogP contribution in [-0.2, 0) is 20.9 Å². The molecular weight excluding hydrogens is 422 g/mol. The first-order valence-electron chi connectivity index (χ1n) is 9.66. The van der Waals surface area contributed by atoms with Gasteiger partial charge in [-0.2, -0.15) is 0 Å². The fourth-order valence-corrected chi connectivity index (χ4v) is 4.34. The molecule has 0 aliphatic carbocycles. The van der Waals surface area contributed by atoms with Crippen molar-refractivity contribution in [1.82, 2.24) is 9.80 Å². The molecule has 1 N–H and O–H groups in total. The third-order valence-corrected chi connectivity index (χ3v) is 6.00. The number of esters is 1. The molecule has 1 aromatic carbocycles. The number of thiocarbonyl (C=S) groups is 1. The zero-order valence-corrected chi connectivity index (χ0v) is 18.4. The number of ether oxygens (including phenoxy) is 1. The second-order valence-electron chi connectivity index (χ2n) is 6.64. The summed E-state index contributed by atoms with van der Waals surface area (Å²) < 4.78 is 4.95. The summed E-state index contributed by atoms with van der Waals surface area (Å²) in [6.07, 6.45) is -0.0134. The van der Waals surface area contributed by atoms with E-state index in [1.807, 2.05) is 29.3 Å². The maximum absolute atomic E-state index is 12.8. The van der Waals surface area contributed by atoms with Gasteiger partial charge in [0.2, 0.25) is 5.91 Å². The van der Waals surface area contributed by atoms with E-state index in [0.717, 1.165) is 4.88 Å². The minimum atomic E-state index is -0.640. The second kappa shape index (κ2) is 9.82. The zero-order valence-electron chi connectivity index (χ0n) is 16.8. The number of carbonyl (C=O) groups is 3. The summed E-state index contributed by atoms with van der Waals surface area (Å²) in [5.41, 5.74) is 0.949. The van der Waals surface area contributed by atoms with E-state index in [4.69, 9.17) is 17.0 Å². The van der Waals surface area contributed by atoms with Gasteiger partial charge >= 0.3 is 5.97 Å². The number of likely N-dealkylation sites (N-methyl/N-ethyl adjacent to an activating group) is 1. The first-order valence-corrected chi connectivity index (χ1v) is 10.9. The lowest BCUT2D eigenvalue weighted by molar-refractivity contribution is -0.130. The molecule has 1 saturated heterocycles. The lowest BCUT2D eigenvalue weighted by atomic mass is 10.1. The molecule has 1 fully saturated rings. The third-order valence-electron chi connectivity index (χ3n) is 4.68. The molecule has 0 saturated carbocycles. The van der Waals surface area contributed by atoms with Crippen LogP contribution in [0.4, 0.5) is 5.69 Å². The van der Waals surface area contributed by atoms with Crippen LogP contribution in [0.3, 0.4) is 0 Å². The molecule has 30 heavy (non-hydrogen) atoms. The van der Waals surface area contributed by atoms with E-state index < -0.39 is 12.0 Å². The molecule has 2 heterocycles. The van der Waals surface area contributed by atoms with E-state index in [-0.39, 0.29) is 18.2 Å². The SMILES string of the molecule is CCOC(=O)c1ccc(NC(=O)CC2C(=O)N(CC)C(=S)N2Cc2cccs2)cc1. The quantitative estimate of drug-likeness (QED) is 0.496. The van der Waals surface area contributed by atoms with Crippen LogP contribution in [0, 0.1) is 0 Å². The first-order chi connectivity index (χ1) is 14.4. The minimum absolute atomic E-state index is 0.0134. The van der Waals surface area contributed by atoms with Gasteiger partial charge < -0.3 is 15.0 Å². The zero-order chi connectivity index (χ0) is 21.7. The highest BCUT2D eigenvalue weighted by Crippen LogP contribution is 2.25. The van der Waals surface area contributed by atoms with Gasteiger partial charge in [-0.25, -0.2) is 4.79 Å². The molecule has 7 nitrogen and oxygen atoms in total. The Morgan fingerprint density at radius 3 is 2.53 bits per heavy atom. The fourth-order valence-electron chi connectivity index (χ4n) is 3.22. The molecular formula is C21H23N3O4S2. The number of carbonyl (C=O) groups excluding carboxylic acids is 3. The highest BCUT2D eigenvalue weighted by molar-refractivity contribution is 7.80. The number of amides is 2. The van der Waals surface area contributed by atoms with Gasteiger partial charge in [0.1, 0.15) is 6.04 Å². The number of anilines is 1. The normalized spacial score (nSPS) is 16.1. The monoisotopic (exact) mass is 445 g/mol. The van der Waals surface area contributed by atoms with Crippen molar-refractivity contribution < 1.29 is 19.1 Å². The topological polar surface area (TPSA) is 78.9 Å². The molecule has 0 bridgehead atoms. The highest BCUT2D eigenvalue weighted by atomic mass is 32.1. The molecule has 3 rings (SSSR count). The van der Waals surface area contributed by atoms with Gasteiger partial charge in [0.25, 0.3) is 5.91 Å². The number of hydrogen-bond acceptors (Lipinski definition) is 6. The number of thiophene rings is 1. The van der Waals surface area contributed by atoms with E-state index in [1.54, 1.807) is 42.5 Å². The Balaban J connectivity index is 1.68. The smallest absolute Gasteiger partial charge is 0.338 e. The molecule has 9 heteroatoms. The van der Waals surface area contributed by atoms with E-state index in [2.05, 4.69) is 5.32 Å². The molecule has 0 radical (unpaired) electrons. The van der Waals surface area contributed by atoms with Gasteiger partial charge in [-0.1, -0.05) is 6.07 Å². The summed E-state index contributed by atoms with van der Waals surface area (Å²) >= 11 is 7.07. The lowest BCUT2D eigenvalue weighted by Crippen LogP contribution is -2.37. The van der Waals surface area contributed by atoms with Gasteiger partial charge in [0.15, 0.2) is 5.11 Å². The second-order valence-corrected chi connectivity index (χ2v) is 8.04. The van der Waals surface area contributed by atoms with E-state index in [1.165, 1.54) is 4.90 Å². The van der Waals surface area contributed by atoms with Crippen LogP contribution in [0.15, 0.2) is 41.8 Å². The predicted molar refractivity (Wildman–Crippen MR) is 119 cm³/mol. The van der Waals surface area contributed by atoms with Crippen LogP contribution in [-0.4, -0.2) is 51.9 Å². The summed E-state index contributed by atoms with van der Waals surface area (Å²) in [5.74, 6) is -0.870. The molecule has 1 aliphatic heterocycles. The molecule has 0 spiro atoms.